The maximum absolute atomic E-state index is 14.9. The Morgan fingerprint density at radius 1 is 0.529 bits per heavy atom. The van der Waals surface area contributed by atoms with Crippen molar-refractivity contribution in [3.05, 3.63) is 59.7 Å². The zero-order valence-electron chi connectivity index (χ0n) is 60.7. The van der Waals surface area contributed by atoms with E-state index < -0.39 is 174 Å². The van der Waals surface area contributed by atoms with E-state index in [1.807, 2.05) is 20.8 Å². The molecule has 4 aliphatic rings. The number of nitrogens with zero attached hydrogens (tertiary/aromatic N) is 3. The Kier molecular flexibility index (Phi) is 32.3. The molecule has 574 valence electrons. The smallest absolute Gasteiger partial charge is 0.246 e. The lowest BCUT2D eigenvalue weighted by Crippen LogP contribution is -2.66. The summed E-state index contributed by atoms with van der Waals surface area (Å²) in [6, 6.07) is -5.69. The summed E-state index contributed by atoms with van der Waals surface area (Å²) < 4.78 is 0. The molecule has 0 bridgehead atoms. The van der Waals surface area contributed by atoms with Gasteiger partial charge in [0.2, 0.25) is 82.7 Å². The Morgan fingerprint density at radius 2 is 0.990 bits per heavy atom. The van der Waals surface area contributed by atoms with Crippen LogP contribution in [0.15, 0.2) is 48.5 Å². The third-order valence-electron chi connectivity index (χ3n) is 18.7. The molecule has 4 aliphatic heterocycles. The van der Waals surface area contributed by atoms with Crippen LogP contribution in [0.3, 0.4) is 0 Å². The van der Waals surface area contributed by atoms with Crippen molar-refractivity contribution in [2.45, 2.75) is 211 Å². The minimum Gasteiger partial charge on any atom is -0.508 e. The van der Waals surface area contributed by atoms with Crippen LogP contribution in [0, 0.1) is 23.7 Å². The van der Waals surface area contributed by atoms with E-state index in [1.165, 1.54) is 58.0 Å². The lowest BCUT2D eigenvalue weighted by atomic mass is 9.96. The molecule has 0 radical (unpaired) electrons. The molecule has 104 heavy (non-hydrogen) atoms. The molecule has 18 N–H and O–H groups in total. The van der Waals surface area contributed by atoms with Gasteiger partial charge in [0.1, 0.15) is 90.0 Å². The van der Waals surface area contributed by atoms with Gasteiger partial charge in [-0.1, -0.05) is 108 Å². The molecule has 0 aromatic heterocycles. The van der Waals surface area contributed by atoms with E-state index in [0.29, 0.717) is 30.4 Å². The lowest BCUT2D eigenvalue weighted by Gasteiger charge is -2.42. The minimum absolute atomic E-state index is 0.0632. The Balaban J connectivity index is 1.39. The minimum atomic E-state index is -1.59. The van der Waals surface area contributed by atoms with Gasteiger partial charge in [0, 0.05) is 64.0 Å². The van der Waals surface area contributed by atoms with Crippen molar-refractivity contribution in [1.82, 2.24) is 67.9 Å². The van der Waals surface area contributed by atoms with Crippen molar-refractivity contribution in [1.29, 1.82) is 0 Å². The summed E-state index contributed by atoms with van der Waals surface area (Å²) in [5.41, 5.74) is 18.9. The molecule has 4 fully saturated rings. The fourth-order valence-electron chi connectivity index (χ4n) is 12.8. The number of carbonyl (C=O) groups excluding carboxylic acids is 14. The molecule has 2 aromatic carbocycles. The first-order valence-corrected chi connectivity index (χ1v) is 38.1. The van der Waals surface area contributed by atoms with Crippen LogP contribution < -0.4 is 70.4 Å². The van der Waals surface area contributed by atoms with Crippen molar-refractivity contribution in [2.75, 3.05) is 44.2 Å². The summed E-state index contributed by atoms with van der Waals surface area (Å²) in [7, 11) is 1.96. The molecule has 0 saturated carbocycles. The molecule has 6 rings (SSSR count). The molecule has 0 unspecified atom stereocenters. The van der Waals surface area contributed by atoms with Gasteiger partial charge in [-0.25, -0.2) is 0 Å². The maximum atomic E-state index is 14.9. The number of fused-ring (bicyclic) bond motifs is 3. The highest BCUT2D eigenvalue weighted by molar-refractivity contribution is 8.76. The van der Waals surface area contributed by atoms with E-state index in [1.54, 1.807) is 46.8 Å². The Hall–Kier alpha value is -8.76. The van der Waals surface area contributed by atoms with Gasteiger partial charge in [-0.05, 0) is 110 Å². The van der Waals surface area contributed by atoms with E-state index in [4.69, 9.17) is 17.2 Å². The average Bonchev–Trinajstić information content (AvgIpc) is 1.40. The normalized spacial score (nSPS) is 25.1. The van der Waals surface area contributed by atoms with Crippen molar-refractivity contribution < 1.29 is 77.3 Å². The third kappa shape index (κ3) is 24.2. The van der Waals surface area contributed by atoms with Crippen LogP contribution in [0.4, 0.5) is 0 Å². The molecule has 0 spiro atoms. The van der Waals surface area contributed by atoms with E-state index in [0.717, 1.165) is 21.6 Å². The van der Waals surface area contributed by atoms with Crippen LogP contribution >= 0.6 is 21.6 Å². The molecular formula is C70H106N16O16S2. The number of hydrogen-bond donors (Lipinski definition) is 15. The third-order valence-corrected chi connectivity index (χ3v) is 21.1. The van der Waals surface area contributed by atoms with Crippen LogP contribution in [0.25, 0.3) is 0 Å². The summed E-state index contributed by atoms with van der Waals surface area (Å²) in [4.78, 5) is 205. The number of phenols is 2. The molecule has 4 saturated heterocycles. The number of primary amides is 1. The number of phenolic OH excluding ortho intramolecular Hbond substituents is 2. The van der Waals surface area contributed by atoms with Crippen LogP contribution in [-0.4, -0.2) is 230 Å². The highest BCUT2D eigenvalue weighted by Gasteiger charge is 2.47. The van der Waals surface area contributed by atoms with Crippen LogP contribution in [0.2, 0.25) is 0 Å². The van der Waals surface area contributed by atoms with Crippen molar-refractivity contribution in [3.63, 3.8) is 0 Å². The molecule has 0 aliphatic carbocycles. The van der Waals surface area contributed by atoms with Gasteiger partial charge in [-0.2, -0.15) is 0 Å². The topological polar surface area (TPSA) is 488 Å². The number of hydrogen-bond acceptors (Lipinski definition) is 20. The van der Waals surface area contributed by atoms with Crippen molar-refractivity contribution in [2.24, 2.45) is 40.9 Å². The van der Waals surface area contributed by atoms with Gasteiger partial charge < -0.3 is 95.3 Å². The van der Waals surface area contributed by atoms with Gasteiger partial charge in [0.25, 0.3) is 0 Å². The Labute approximate surface area is 614 Å². The fraction of sp³-hybridized carbons (Fsp3) is 0.629. The molecule has 34 heteroatoms. The number of nitrogens with one attached hydrogen (secondary N) is 10. The molecule has 14 amide bonds. The predicted octanol–water partition coefficient (Wildman–Crippen LogP) is -1.68. The Morgan fingerprint density at radius 3 is 1.49 bits per heavy atom. The van der Waals surface area contributed by atoms with Gasteiger partial charge in [-0.3, -0.25) is 67.1 Å². The average molecular weight is 1490 g/mol. The van der Waals surface area contributed by atoms with Crippen LogP contribution in [0.5, 0.6) is 11.5 Å². The van der Waals surface area contributed by atoms with Gasteiger partial charge >= 0.3 is 0 Å². The molecule has 2 aromatic rings. The summed E-state index contributed by atoms with van der Waals surface area (Å²) in [5.74, 6) is -12.7. The first-order valence-electron chi connectivity index (χ1n) is 35.7. The molecule has 14 atom stereocenters. The second-order valence-electron chi connectivity index (χ2n) is 28.4. The van der Waals surface area contributed by atoms with Gasteiger partial charge in [-0.15, -0.1) is 0 Å². The molecule has 32 nitrogen and oxygen atoms in total. The Bertz CT molecular complexity index is 3390. The fourth-order valence-corrected chi connectivity index (χ4v) is 15.1. The van der Waals surface area contributed by atoms with Crippen molar-refractivity contribution >= 4 is 104 Å². The van der Waals surface area contributed by atoms with E-state index in [-0.39, 0.29) is 118 Å². The standard InChI is InChI=1S/C70H106N16O16S2/c1-10-39(8)57(58(73)90)83-62(94)46(28-37(4)5)76-63(95)50(32-71)80-65(97)52-34-103-104-35-53(74-40(9)87)69(101)85-25-12-14-56(85)70(102)84-24-11-13-54(84)66(98)78-48(31-42-17-21-44(89)22-18-42)61(93)79-49(29-38(6)7)68(100)86-26-23-55(86)67(99)81-51(33-72)64(96)77-47(30-41-15-19-43(88)20-16-41)60(92)75-45(27-36(2)3)59(91)82-52/h15-22,36-39,45-57,88-89H,10-14,23-35,71-72H2,1-9H3,(H2,73,90)(H,74,87)(H,75,92)(H,76,95)(H,77,96)(H,78,98)(H,79,93)(H,80,97)(H,81,99)(H,82,91)(H,83,94)/t39-,45-,46-,47-,48-,49-,50-,51-,52-,53-,54-,55-,56-,57-/m0/s1. The number of amides is 14. The second-order valence-corrected chi connectivity index (χ2v) is 31.0. The summed E-state index contributed by atoms with van der Waals surface area (Å²) in [6.45, 7) is 14.7. The number of benzene rings is 2. The van der Waals surface area contributed by atoms with Crippen molar-refractivity contribution in [3.8, 4) is 11.5 Å². The quantitative estimate of drug-likeness (QED) is 0.0585. The highest BCUT2D eigenvalue weighted by Crippen LogP contribution is 2.30. The SMILES string of the molecule is CC[C@H](C)[C@H](NC(=O)[C@H](CC(C)C)NC(=O)[C@H](CN)NC(=O)[C@@H]1CSSC[C@H](NC(C)=O)C(=O)N2CCC[C@H]2C(=O)N2CCC[C@H]2C(=O)N[C@@H](Cc2ccc(O)cc2)C(=O)N[C@@H](CC(C)C)C(=O)N2CC[C@H]2C(=O)N[C@@H](CN)C(=O)N[C@@H](Cc2ccc(O)cc2)C(=O)N[C@@H](CC(C)C)C(=O)N1)C(N)=O. The number of nitrogens with two attached hydrogens (primary N) is 3. The number of carbonyl (C=O) groups is 14. The highest BCUT2D eigenvalue weighted by atomic mass is 33.1. The molecular weight excluding hydrogens is 1380 g/mol. The van der Waals surface area contributed by atoms with E-state index >= 15 is 0 Å². The largest absolute Gasteiger partial charge is 0.508 e. The van der Waals surface area contributed by atoms with Crippen LogP contribution in [-0.2, 0) is 80.0 Å². The number of rotatable bonds is 22. The summed E-state index contributed by atoms with van der Waals surface area (Å²) in [6.07, 6.45) is 1.41. The lowest BCUT2D eigenvalue weighted by molar-refractivity contribution is -0.151. The van der Waals surface area contributed by atoms with E-state index in [2.05, 4.69) is 53.2 Å². The zero-order valence-corrected chi connectivity index (χ0v) is 62.3. The van der Waals surface area contributed by atoms with Crippen LogP contribution in [0.1, 0.15) is 131 Å². The molecule has 4 heterocycles. The first kappa shape index (κ1) is 84.2. The summed E-state index contributed by atoms with van der Waals surface area (Å²) in [5, 5.41) is 47.2. The van der Waals surface area contributed by atoms with E-state index in [9.17, 15) is 77.3 Å². The number of aromatic hydroxyl groups is 2. The van der Waals surface area contributed by atoms with Gasteiger partial charge in [0.05, 0.1) is 0 Å². The predicted molar refractivity (Wildman–Crippen MR) is 388 cm³/mol. The maximum Gasteiger partial charge on any atom is 0.246 e. The first-order chi connectivity index (χ1) is 49.2. The zero-order chi connectivity index (χ0) is 76.8. The monoisotopic (exact) mass is 1490 g/mol. The second kappa shape index (κ2) is 39.9. The summed E-state index contributed by atoms with van der Waals surface area (Å²) >= 11 is 0. The van der Waals surface area contributed by atoms with Gasteiger partial charge in [0.15, 0.2) is 0 Å².